The monoisotopic (exact) mass is 341 g/mol. The standard InChI is InChI=1S/C14H10BrClFNO/c15-10-6-4-9(5-7-10)8-13(19)18-12-3-1-2-11(16)14(12)17/h1-7H,8H2,(H,18,19). The van der Waals surface area contributed by atoms with Crippen molar-refractivity contribution in [3.05, 3.63) is 63.3 Å². The van der Waals surface area contributed by atoms with Crippen molar-refractivity contribution in [1.29, 1.82) is 0 Å². The van der Waals surface area contributed by atoms with E-state index in [1.165, 1.54) is 12.1 Å². The van der Waals surface area contributed by atoms with Crippen LogP contribution in [-0.2, 0) is 11.2 Å². The molecule has 1 amide bonds. The van der Waals surface area contributed by atoms with Gasteiger partial charge in [-0.3, -0.25) is 4.79 Å². The Bertz CT molecular complexity index is 601. The Labute approximate surface area is 123 Å². The van der Waals surface area contributed by atoms with Crippen molar-refractivity contribution in [2.24, 2.45) is 0 Å². The van der Waals surface area contributed by atoms with E-state index in [0.29, 0.717) is 0 Å². The molecule has 2 rings (SSSR count). The topological polar surface area (TPSA) is 29.1 Å². The molecule has 0 spiro atoms. The molecule has 0 radical (unpaired) electrons. The number of amides is 1. The molecular formula is C14H10BrClFNO. The third-order valence-corrected chi connectivity index (χ3v) is 3.32. The fourth-order valence-corrected chi connectivity index (χ4v) is 2.02. The Morgan fingerprint density at radius 1 is 1.21 bits per heavy atom. The first-order valence-electron chi connectivity index (χ1n) is 5.54. The Balaban J connectivity index is 2.05. The van der Waals surface area contributed by atoms with Crippen molar-refractivity contribution in [1.82, 2.24) is 0 Å². The molecule has 0 heterocycles. The normalized spacial score (nSPS) is 10.3. The molecule has 0 bridgehead atoms. The molecule has 0 saturated carbocycles. The zero-order chi connectivity index (χ0) is 13.8. The van der Waals surface area contributed by atoms with Crippen molar-refractivity contribution in [2.45, 2.75) is 6.42 Å². The zero-order valence-electron chi connectivity index (χ0n) is 9.79. The zero-order valence-corrected chi connectivity index (χ0v) is 12.1. The van der Waals surface area contributed by atoms with Gasteiger partial charge >= 0.3 is 0 Å². The van der Waals surface area contributed by atoms with Crippen LogP contribution in [0, 0.1) is 5.82 Å². The van der Waals surface area contributed by atoms with Crippen LogP contribution in [0.25, 0.3) is 0 Å². The summed E-state index contributed by atoms with van der Waals surface area (Å²) >= 11 is 8.96. The van der Waals surface area contributed by atoms with Gasteiger partial charge in [0.2, 0.25) is 5.91 Å². The highest BCUT2D eigenvalue weighted by molar-refractivity contribution is 9.10. The molecule has 0 unspecified atom stereocenters. The summed E-state index contributed by atoms with van der Waals surface area (Å²) in [6.45, 7) is 0. The van der Waals surface area contributed by atoms with Crippen LogP contribution in [0.3, 0.4) is 0 Å². The fourth-order valence-electron chi connectivity index (χ4n) is 1.58. The Morgan fingerprint density at radius 2 is 1.89 bits per heavy atom. The predicted molar refractivity (Wildman–Crippen MR) is 77.9 cm³/mol. The Kier molecular flexibility index (Phi) is 4.56. The van der Waals surface area contributed by atoms with E-state index >= 15 is 0 Å². The van der Waals surface area contributed by atoms with Crippen LogP contribution in [0.1, 0.15) is 5.56 Å². The number of halogens is 3. The number of carbonyl (C=O) groups excluding carboxylic acids is 1. The van der Waals surface area contributed by atoms with E-state index in [9.17, 15) is 9.18 Å². The van der Waals surface area contributed by atoms with Crippen LogP contribution in [0.15, 0.2) is 46.9 Å². The molecule has 2 aromatic rings. The van der Waals surface area contributed by atoms with Crippen molar-refractivity contribution < 1.29 is 9.18 Å². The van der Waals surface area contributed by atoms with Crippen LogP contribution in [0.2, 0.25) is 5.02 Å². The average molecular weight is 343 g/mol. The van der Waals surface area contributed by atoms with E-state index in [1.807, 2.05) is 24.3 Å². The van der Waals surface area contributed by atoms with Crippen LogP contribution < -0.4 is 5.32 Å². The summed E-state index contributed by atoms with van der Waals surface area (Å²) in [4.78, 5) is 11.8. The lowest BCUT2D eigenvalue weighted by molar-refractivity contribution is -0.115. The molecule has 0 aliphatic carbocycles. The fraction of sp³-hybridized carbons (Fsp3) is 0.0714. The molecule has 0 atom stereocenters. The summed E-state index contributed by atoms with van der Waals surface area (Å²) < 4.78 is 14.5. The highest BCUT2D eigenvalue weighted by Gasteiger charge is 2.10. The summed E-state index contributed by atoms with van der Waals surface area (Å²) in [7, 11) is 0. The number of anilines is 1. The number of rotatable bonds is 3. The smallest absolute Gasteiger partial charge is 0.228 e. The number of hydrogen-bond acceptors (Lipinski definition) is 1. The lowest BCUT2D eigenvalue weighted by Gasteiger charge is -2.07. The summed E-state index contributed by atoms with van der Waals surface area (Å²) in [6.07, 6.45) is 0.180. The van der Waals surface area contributed by atoms with Crippen molar-refractivity contribution in [3.63, 3.8) is 0 Å². The van der Waals surface area contributed by atoms with E-state index in [-0.39, 0.29) is 23.0 Å². The maximum atomic E-state index is 13.6. The quantitative estimate of drug-likeness (QED) is 0.879. The molecule has 0 aliphatic heterocycles. The van der Waals surface area contributed by atoms with Crippen LogP contribution in [0.5, 0.6) is 0 Å². The van der Waals surface area contributed by atoms with Gasteiger partial charge in [-0.2, -0.15) is 0 Å². The van der Waals surface area contributed by atoms with Gasteiger partial charge in [0.1, 0.15) is 0 Å². The van der Waals surface area contributed by atoms with Crippen molar-refractivity contribution in [2.75, 3.05) is 5.32 Å². The molecule has 0 fully saturated rings. The minimum Gasteiger partial charge on any atom is -0.323 e. The van der Waals surface area contributed by atoms with E-state index in [1.54, 1.807) is 6.07 Å². The van der Waals surface area contributed by atoms with Gasteiger partial charge in [0, 0.05) is 4.47 Å². The van der Waals surface area contributed by atoms with E-state index < -0.39 is 5.82 Å². The third kappa shape index (κ3) is 3.78. The van der Waals surface area contributed by atoms with Gasteiger partial charge < -0.3 is 5.32 Å². The second kappa shape index (κ2) is 6.17. The second-order valence-electron chi connectivity index (χ2n) is 3.95. The summed E-state index contributed by atoms with van der Waals surface area (Å²) in [5.41, 5.74) is 0.942. The summed E-state index contributed by atoms with van der Waals surface area (Å²) in [5.74, 6) is -0.906. The third-order valence-electron chi connectivity index (χ3n) is 2.50. The number of nitrogens with one attached hydrogen (secondary N) is 1. The molecule has 0 aromatic heterocycles. The Hall–Kier alpha value is -1.39. The molecule has 5 heteroatoms. The summed E-state index contributed by atoms with van der Waals surface area (Å²) in [6, 6.07) is 11.9. The molecule has 98 valence electrons. The van der Waals surface area contributed by atoms with E-state index in [2.05, 4.69) is 21.2 Å². The molecule has 2 nitrogen and oxygen atoms in total. The van der Waals surface area contributed by atoms with E-state index in [0.717, 1.165) is 10.0 Å². The molecule has 0 saturated heterocycles. The first kappa shape index (κ1) is 14.0. The molecule has 1 N–H and O–H groups in total. The highest BCUT2D eigenvalue weighted by atomic mass is 79.9. The van der Waals surface area contributed by atoms with Crippen LogP contribution in [0.4, 0.5) is 10.1 Å². The van der Waals surface area contributed by atoms with Gasteiger partial charge in [0.05, 0.1) is 17.1 Å². The predicted octanol–water partition coefficient (Wildman–Crippen LogP) is 4.42. The van der Waals surface area contributed by atoms with Crippen LogP contribution in [-0.4, -0.2) is 5.91 Å². The number of benzene rings is 2. The van der Waals surface area contributed by atoms with Gasteiger partial charge in [-0.05, 0) is 29.8 Å². The molecular weight excluding hydrogens is 333 g/mol. The summed E-state index contributed by atoms with van der Waals surface area (Å²) in [5, 5.41) is 2.49. The lowest BCUT2D eigenvalue weighted by Crippen LogP contribution is -2.15. The van der Waals surface area contributed by atoms with Gasteiger partial charge in [-0.15, -0.1) is 0 Å². The van der Waals surface area contributed by atoms with Crippen molar-refractivity contribution in [3.8, 4) is 0 Å². The molecule has 2 aromatic carbocycles. The second-order valence-corrected chi connectivity index (χ2v) is 5.28. The SMILES string of the molecule is O=C(Cc1ccc(Br)cc1)Nc1cccc(Cl)c1F. The number of carbonyl (C=O) groups is 1. The molecule has 19 heavy (non-hydrogen) atoms. The lowest BCUT2D eigenvalue weighted by atomic mass is 10.1. The van der Waals surface area contributed by atoms with Gasteiger partial charge in [0.25, 0.3) is 0 Å². The van der Waals surface area contributed by atoms with Gasteiger partial charge in [0.15, 0.2) is 5.82 Å². The van der Waals surface area contributed by atoms with Crippen molar-refractivity contribution >= 4 is 39.1 Å². The van der Waals surface area contributed by atoms with Crippen LogP contribution >= 0.6 is 27.5 Å². The minimum absolute atomic E-state index is 0.0126. The maximum Gasteiger partial charge on any atom is 0.228 e. The number of hydrogen-bond donors (Lipinski definition) is 1. The Morgan fingerprint density at radius 3 is 2.58 bits per heavy atom. The highest BCUT2D eigenvalue weighted by Crippen LogP contribution is 2.22. The van der Waals surface area contributed by atoms with Gasteiger partial charge in [-0.1, -0.05) is 45.7 Å². The van der Waals surface area contributed by atoms with Gasteiger partial charge in [-0.25, -0.2) is 4.39 Å². The average Bonchev–Trinajstić information content (AvgIpc) is 2.38. The first-order valence-corrected chi connectivity index (χ1v) is 6.71. The maximum absolute atomic E-state index is 13.6. The minimum atomic E-state index is -0.617. The molecule has 0 aliphatic rings. The largest absolute Gasteiger partial charge is 0.323 e. The first-order chi connectivity index (χ1) is 9.06. The van der Waals surface area contributed by atoms with E-state index in [4.69, 9.17) is 11.6 Å².